The normalized spacial score (nSPS) is 11.8. The molecule has 0 spiro atoms. The summed E-state index contributed by atoms with van der Waals surface area (Å²) in [6.07, 6.45) is 0. The Kier molecular flexibility index (Phi) is 9.54. The highest BCUT2D eigenvalue weighted by Crippen LogP contribution is 2.45. The summed E-state index contributed by atoms with van der Waals surface area (Å²) in [5.41, 5.74) is 18.6. The molecule has 0 atom stereocenters. The van der Waals surface area contributed by atoms with Crippen molar-refractivity contribution in [3.8, 4) is 39.3 Å². The van der Waals surface area contributed by atoms with Gasteiger partial charge in [0.15, 0.2) is 0 Å². The van der Waals surface area contributed by atoms with Crippen LogP contribution in [0.15, 0.2) is 279 Å². The molecule has 346 valence electrons. The van der Waals surface area contributed by atoms with E-state index in [-0.39, 0.29) is 0 Å². The second-order valence-electron chi connectivity index (χ2n) is 19.3. The van der Waals surface area contributed by atoms with Crippen LogP contribution in [-0.4, -0.2) is 13.7 Å². The molecule has 4 heteroatoms. The quantitative estimate of drug-likeness (QED) is 0.148. The maximum Gasteiger partial charge on any atom is 0.0547 e. The average molecular weight is 943 g/mol. The maximum atomic E-state index is 2.42. The molecule has 0 unspecified atom stereocenters. The largest absolute Gasteiger partial charge is 0.310 e. The van der Waals surface area contributed by atoms with Gasteiger partial charge < -0.3 is 18.6 Å². The summed E-state index contributed by atoms with van der Waals surface area (Å²) in [6, 6.07) is 102. The lowest BCUT2D eigenvalue weighted by atomic mass is 9.95. The maximum absolute atomic E-state index is 2.42. The Morgan fingerprint density at radius 1 is 0.216 bits per heavy atom. The highest BCUT2D eigenvalue weighted by Gasteiger charge is 2.21. The molecule has 3 heterocycles. The lowest BCUT2D eigenvalue weighted by Crippen LogP contribution is -2.11. The van der Waals surface area contributed by atoms with Crippen molar-refractivity contribution >= 4 is 93.3 Å². The fourth-order valence-corrected chi connectivity index (χ4v) is 11.9. The van der Waals surface area contributed by atoms with Gasteiger partial charge in [0.25, 0.3) is 0 Å². The monoisotopic (exact) mass is 942 g/mol. The Balaban J connectivity index is 0.857. The van der Waals surface area contributed by atoms with Crippen molar-refractivity contribution in [3.05, 3.63) is 279 Å². The average Bonchev–Trinajstić information content (AvgIpc) is 4.12. The second kappa shape index (κ2) is 16.9. The number of anilines is 3. The highest BCUT2D eigenvalue weighted by molar-refractivity contribution is 6.13. The summed E-state index contributed by atoms with van der Waals surface area (Å²) in [7, 11) is 0. The van der Waals surface area contributed by atoms with Gasteiger partial charge in [0.2, 0.25) is 0 Å². The number of nitrogens with zero attached hydrogens (tertiary/aromatic N) is 4. The first kappa shape index (κ1) is 41.8. The van der Waals surface area contributed by atoms with Crippen LogP contribution in [-0.2, 0) is 0 Å². The molecule has 0 N–H and O–H groups in total. The van der Waals surface area contributed by atoms with Crippen molar-refractivity contribution in [1.29, 1.82) is 0 Å². The minimum atomic E-state index is 1.07. The third kappa shape index (κ3) is 6.55. The highest BCUT2D eigenvalue weighted by atomic mass is 15.1. The molecule has 0 aliphatic carbocycles. The van der Waals surface area contributed by atoms with Gasteiger partial charge in [-0.1, -0.05) is 176 Å². The van der Waals surface area contributed by atoms with Gasteiger partial charge in [0.05, 0.1) is 38.8 Å². The summed E-state index contributed by atoms with van der Waals surface area (Å²) in [5.74, 6) is 0. The van der Waals surface area contributed by atoms with Crippen molar-refractivity contribution in [1.82, 2.24) is 13.7 Å². The van der Waals surface area contributed by atoms with Gasteiger partial charge in [-0.25, -0.2) is 0 Å². The fraction of sp³-hybridized carbons (Fsp3) is 0. The van der Waals surface area contributed by atoms with Crippen molar-refractivity contribution in [2.24, 2.45) is 0 Å². The van der Waals surface area contributed by atoms with E-state index >= 15 is 0 Å². The Hall–Kier alpha value is -9.90. The molecule has 3 aromatic heterocycles. The van der Waals surface area contributed by atoms with E-state index in [2.05, 4.69) is 298 Å². The van der Waals surface area contributed by atoms with Gasteiger partial charge in [0.1, 0.15) is 0 Å². The number of hydrogen-bond acceptors (Lipinski definition) is 1. The molecule has 15 aromatic rings. The van der Waals surface area contributed by atoms with Crippen LogP contribution in [0.1, 0.15) is 0 Å². The molecule has 12 aromatic carbocycles. The topological polar surface area (TPSA) is 18.0 Å². The SMILES string of the molecule is c1ccc(-n2c3ccccc3c3ccc(-c4ccc(N(c5ccc(-c6ccc(-n7c8ccccc8c8ccccc87)cc6)cc5)c5ccc(-n6c7ccccc7c7ccccc76)cc5)c5ccccc45)cc32)cc1. The van der Waals surface area contributed by atoms with Gasteiger partial charge in [-0.15, -0.1) is 0 Å². The number of fused-ring (bicyclic) bond motifs is 10. The van der Waals surface area contributed by atoms with Crippen LogP contribution in [0, 0.1) is 0 Å². The molecule has 0 bridgehead atoms. The van der Waals surface area contributed by atoms with Crippen LogP contribution in [0.4, 0.5) is 17.1 Å². The molecule has 0 fully saturated rings. The molecule has 0 saturated carbocycles. The number of benzene rings is 12. The molecule has 4 nitrogen and oxygen atoms in total. The van der Waals surface area contributed by atoms with Gasteiger partial charge in [0, 0.05) is 66.1 Å². The summed E-state index contributed by atoms with van der Waals surface area (Å²) in [6.45, 7) is 0. The third-order valence-electron chi connectivity index (χ3n) is 15.3. The van der Waals surface area contributed by atoms with E-state index in [0.717, 1.165) is 39.7 Å². The van der Waals surface area contributed by atoms with E-state index in [9.17, 15) is 0 Å². The van der Waals surface area contributed by atoms with E-state index in [1.165, 1.54) is 92.9 Å². The molecule has 15 rings (SSSR count). The van der Waals surface area contributed by atoms with E-state index < -0.39 is 0 Å². The zero-order valence-corrected chi connectivity index (χ0v) is 40.3. The van der Waals surface area contributed by atoms with E-state index in [4.69, 9.17) is 0 Å². The third-order valence-corrected chi connectivity index (χ3v) is 15.3. The first-order valence-electron chi connectivity index (χ1n) is 25.4. The van der Waals surface area contributed by atoms with Crippen LogP contribution in [0.3, 0.4) is 0 Å². The fourth-order valence-electron chi connectivity index (χ4n) is 11.9. The van der Waals surface area contributed by atoms with Crippen LogP contribution >= 0.6 is 0 Å². The number of para-hydroxylation sites is 6. The molecule has 74 heavy (non-hydrogen) atoms. The predicted molar refractivity (Wildman–Crippen MR) is 313 cm³/mol. The van der Waals surface area contributed by atoms with Gasteiger partial charge in [-0.2, -0.15) is 0 Å². The van der Waals surface area contributed by atoms with Crippen LogP contribution in [0.5, 0.6) is 0 Å². The Morgan fingerprint density at radius 2 is 0.554 bits per heavy atom. The molecular formula is C70H46N4. The zero-order valence-electron chi connectivity index (χ0n) is 40.3. The smallest absolute Gasteiger partial charge is 0.0547 e. The Morgan fingerprint density at radius 3 is 1.04 bits per heavy atom. The van der Waals surface area contributed by atoms with Crippen LogP contribution in [0.2, 0.25) is 0 Å². The van der Waals surface area contributed by atoms with Crippen molar-refractivity contribution in [3.63, 3.8) is 0 Å². The van der Waals surface area contributed by atoms with Gasteiger partial charge >= 0.3 is 0 Å². The molecule has 0 radical (unpaired) electrons. The summed E-state index contributed by atoms with van der Waals surface area (Å²) in [5, 5.41) is 9.89. The van der Waals surface area contributed by atoms with Crippen LogP contribution in [0.25, 0.3) is 116 Å². The molecule has 0 saturated heterocycles. The second-order valence-corrected chi connectivity index (χ2v) is 19.3. The van der Waals surface area contributed by atoms with E-state index in [0.29, 0.717) is 0 Å². The molecule has 0 amide bonds. The standard InChI is InChI=1S/C70H46N4/c1-2-16-50(17-3-1)74-68-29-15-10-24-62(68)63-43-34-49(46-70(63)74)55-44-45-69(57-19-5-4-18-56(55)57)71(52-39-41-54(42-40-52)73-66-27-13-8-22-60(66)61-23-9-14-28-67(61)73)51-35-30-47(31-36-51)48-32-37-53(38-33-48)72-64-25-11-6-20-58(64)59-21-7-12-26-65(59)72/h1-46H. The van der Waals surface area contributed by atoms with Gasteiger partial charge in [-0.3, -0.25) is 0 Å². The summed E-state index contributed by atoms with van der Waals surface area (Å²) in [4.78, 5) is 2.42. The van der Waals surface area contributed by atoms with Gasteiger partial charge in [-0.05, 0) is 131 Å². The van der Waals surface area contributed by atoms with Crippen molar-refractivity contribution in [2.75, 3.05) is 4.90 Å². The minimum Gasteiger partial charge on any atom is -0.310 e. The first-order valence-corrected chi connectivity index (χ1v) is 25.4. The molecular weight excluding hydrogens is 897 g/mol. The minimum absolute atomic E-state index is 1.07. The zero-order chi connectivity index (χ0) is 48.7. The first-order chi connectivity index (χ1) is 36.7. The van der Waals surface area contributed by atoms with Crippen molar-refractivity contribution in [2.45, 2.75) is 0 Å². The summed E-state index contributed by atoms with van der Waals surface area (Å²) >= 11 is 0. The number of hydrogen-bond donors (Lipinski definition) is 0. The number of rotatable bonds is 8. The summed E-state index contributed by atoms with van der Waals surface area (Å²) < 4.78 is 7.16. The van der Waals surface area contributed by atoms with Crippen molar-refractivity contribution < 1.29 is 0 Å². The Labute approximate surface area is 428 Å². The molecule has 0 aliphatic heterocycles. The van der Waals surface area contributed by atoms with E-state index in [1.807, 2.05) is 0 Å². The van der Waals surface area contributed by atoms with Crippen LogP contribution < -0.4 is 4.90 Å². The molecule has 0 aliphatic rings. The lowest BCUT2D eigenvalue weighted by Gasteiger charge is -2.28. The predicted octanol–water partition coefficient (Wildman–Crippen LogP) is 18.9. The lowest BCUT2D eigenvalue weighted by molar-refractivity contribution is 1.17. The Bertz CT molecular complexity index is 4530. The van der Waals surface area contributed by atoms with E-state index in [1.54, 1.807) is 0 Å². The number of aromatic nitrogens is 3.